The number of aliphatic imine (C=N–C) groups is 1. The molecule has 1 aliphatic heterocycles. The van der Waals surface area contributed by atoms with Crippen molar-refractivity contribution < 1.29 is 4.79 Å². The maximum absolute atomic E-state index is 13.1. The molecule has 0 bridgehead atoms. The van der Waals surface area contributed by atoms with Crippen LogP contribution in [0.25, 0.3) is 6.08 Å². The molecule has 3 aromatic carbocycles. The number of carbonyl (C=O) groups excluding carboxylic acids is 1. The van der Waals surface area contributed by atoms with Crippen molar-refractivity contribution >= 4 is 39.4 Å². The summed E-state index contributed by atoms with van der Waals surface area (Å²) in [6.45, 7) is 0. The van der Waals surface area contributed by atoms with Gasteiger partial charge in [0.2, 0.25) is 0 Å². The van der Waals surface area contributed by atoms with Crippen molar-refractivity contribution in [2.24, 2.45) is 4.99 Å². The van der Waals surface area contributed by atoms with Gasteiger partial charge in [-0.2, -0.15) is 0 Å². The predicted octanol–water partition coefficient (Wildman–Crippen LogP) is 5.28. The van der Waals surface area contributed by atoms with E-state index in [4.69, 9.17) is 0 Å². The molecule has 0 saturated heterocycles. The molecule has 3 nitrogen and oxygen atoms in total. The number of amidine groups is 1. The maximum Gasteiger partial charge on any atom is 0.282 e. The summed E-state index contributed by atoms with van der Waals surface area (Å²) in [5.74, 6) is 0.517. The molecule has 1 amide bonds. The summed E-state index contributed by atoms with van der Waals surface area (Å²) in [7, 11) is 0. The van der Waals surface area contributed by atoms with Gasteiger partial charge in [0.1, 0.15) is 11.5 Å². The Balaban J connectivity index is 1.81. The lowest BCUT2D eigenvalue weighted by Crippen LogP contribution is -2.32. The molecule has 0 N–H and O–H groups in total. The molecule has 0 saturated carbocycles. The van der Waals surface area contributed by atoms with Crippen LogP contribution in [-0.4, -0.2) is 11.7 Å². The molecule has 3 aromatic rings. The topological polar surface area (TPSA) is 32.7 Å². The zero-order valence-electron chi connectivity index (χ0n) is 13.8. The zero-order chi connectivity index (χ0) is 17.9. The van der Waals surface area contributed by atoms with Gasteiger partial charge in [0.15, 0.2) is 0 Å². The van der Waals surface area contributed by atoms with Crippen molar-refractivity contribution in [3.8, 4) is 0 Å². The first-order chi connectivity index (χ1) is 12.7. The minimum Gasteiger partial charge on any atom is -0.266 e. The fourth-order valence-corrected chi connectivity index (χ4v) is 3.10. The zero-order valence-corrected chi connectivity index (χ0v) is 15.4. The van der Waals surface area contributed by atoms with E-state index in [1.165, 1.54) is 0 Å². The van der Waals surface area contributed by atoms with Gasteiger partial charge in [-0.25, -0.2) is 4.99 Å². The normalized spacial score (nSPS) is 15.4. The first kappa shape index (κ1) is 16.5. The Labute approximate surface area is 160 Å². The summed E-state index contributed by atoms with van der Waals surface area (Å²) in [5, 5.41) is 0. The van der Waals surface area contributed by atoms with E-state index in [0.717, 1.165) is 21.3 Å². The SMILES string of the molecule is O=C1/C(=C\c2ccc(Br)cc2)N=C(c2ccccc2)N1c1ccccc1. The van der Waals surface area contributed by atoms with Gasteiger partial charge in [0.05, 0.1) is 5.69 Å². The Bertz CT molecular complexity index is 993. The van der Waals surface area contributed by atoms with E-state index in [2.05, 4.69) is 20.9 Å². The second-order valence-corrected chi connectivity index (χ2v) is 6.77. The van der Waals surface area contributed by atoms with Crippen LogP contribution in [-0.2, 0) is 4.79 Å². The lowest BCUT2D eigenvalue weighted by molar-refractivity contribution is -0.113. The average Bonchev–Trinajstić information content (AvgIpc) is 3.01. The molecule has 126 valence electrons. The first-order valence-electron chi connectivity index (χ1n) is 8.23. The van der Waals surface area contributed by atoms with Crippen LogP contribution in [0.15, 0.2) is 100 Å². The number of halogens is 1. The van der Waals surface area contributed by atoms with E-state index < -0.39 is 0 Å². The highest BCUT2D eigenvalue weighted by atomic mass is 79.9. The molecule has 1 aliphatic rings. The van der Waals surface area contributed by atoms with Gasteiger partial charge in [-0.05, 0) is 35.9 Å². The Morgan fingerprint density at radius 1 is 0.808 bits per heavy atom. The molecule has 4 rings (SSSR count). The minimum absolute atomic E-state index is 0.127. The van der Waals surface area contributed by atoms with Crippen LogP contribution >= 0.6 is 15.9 Å². The Morgan fingerprint density at radius 3 is 2.08 bits per heavy atom. The number of carbonyl (C=O) groups is 1. The molecular weight excluding hydrogens is 388 g/mol. The fraction of sp³-hybridized carbons (Fsp3) is 0. The highest BCUT2D eigenvalue weighted by Crippen LogP contribution is 2.27. The maximum atomic E-state index is 13.1. The highest BCUT2D eigenvalue weighted by Gasteiger charge is 2.32. The van der Waals surface area contributed by atoms with Gasteiger partial charge in [-0.15, -0.1) is 0 Å². The van der Waals surface area contributed by atoms with Gasteiger partial charge >= 0.3 is 0 Å². The van der Waals surface area contributed by atoms with Crippen molar-refractivity contribution in [3.63, 3.8) is 0 Å². The summed E-state index contributed by atoms with van der Waals surface area (Å²) in [6.07, 6.45) is 1.82. The second-order valence-electron chi connectivity index (χ2n) is 5.86. The molecular formula is C22H15BrN2O. The monoisotopic (exact) mass is 402 g/mol. The number of amides is 1. The van der Waals surface area contributed by atoms with Crippen LogP contribution in [0.3, 0.4) is 0 Å². The number of nitrogens with zero attached hydrogens (tertiary/aromatic N) is 2. The Morgan fingerprint density at radius 2 is 1.42 bits per heavy atom. The van der Waals surface area contributed by atoms with Gasteiger partial charge < -0.3 is 0 Å². The quantitative estimate of drug-likeness (QED) is 0.548. The van der Waals surface area contributed by atoms with E-state index in [-0.39, 0.29) is 5.91 Å². The summed E-state index contributed by atoms with van der Waals surface area (Å²) < 4.78 is 0.997. The largest absolute Gasteiger partial charge is 0.282 e. The molecule has 0 radical (unpaired) electrons. The van der Waals surface area contributed by atoms with Crippen LogP contribution in [0.1, 0.15) is 11.1 Å². The standard InChI is InChI=1S/C22H15BrN2O/c23-18-13-11-16(12-14-18)15-20-22(26)25(19-9-5-2-6-10-19)21(24-20)17-7-3-1-4-8-17/h1-15H/b20-15+. The molecule has 0 unspecified atom stereocenters. The molecule has 26 heavy (non-hydrogen) atoms. The molecule has 0 spiro atoms. The van der Waals surface area contributed by atoms with E-state index in [0.29, 0.717) is 11.5 Å². The first-order valence-corrected chi connectivity index (χ1v) is 9.02. The van der Waals surface area contributed by atoms with Crippen LogP contribution in [0.4, 0.5) is 5.69 Å². The number of rotatable bonds is 3. The molecule has 1 heterocycles. The minimum atomic E-state index is -0.127. The summed E-state index contributed by atoms with van der Waals surface area (Å²) in [6, 6.07) is 27.2. The number of para-hydroxylation sites is 1. The number of benzene rings is 3. The average molecular weight is 403 g/mol. The van der Waals surface area contributed by atoms with E-state index >= 15 is 0 Å². The van der Waals surface area contributed by atoms with E-state index in [1.807, 2.05) is 91.0 Å². The third kappa shape index (κ3) is 3.24. The Hall–Kier alpha value is -2.98. The van der Waals surface area contributed by atoms with Crippen LogP contribution < -0.4 is 4.90 Å². The molecule has 0 aromatic heterocycles. The van der Waals surface area contributed by atoms with Gasteiger partial charge in [0, 0.05) is 10.0 Å². The summed E-state index contributed by atoms with van der Waals surface area (Å²) >= 11 is 3.43. The van der Waals surface area contributed by atoms with E-state index in [9.17, 15) is 4.79 Å². The highest BCUT2D eigenvalue weighted by molar-refractivity contribution is 9.10. The third-order valence-electron chi connectivity index (χ3n) is 4.08. The van der Waals surface area contributed by atoms with Gasteiger partial charge in [0.25, 0.3) is 5.91 Å². The second kappa shape index (κ2) is 7.10. The summed E-state index contributed by atoms with van der Waals surface area (Å²) in [4.78, 5) is 19.4. The van der Waals surface area contributed by atoms with Crippen molar-refractivity contribution in [1.29, 1.82) is 0 Å². The number of hydrogen-bond donors (Lipinski definition) is 0. The van der Waals surface area contributed by atoms with E-state index in [1.54, 1.807) is 4.90 Å². The van der Waals surface area contributed by atoms with Crippen LogP contribution in [0, 0.1) is 0 Å². The summed E-state index contributed by atoms with van der Waals surface area (Å²) in [5.41, 5.74) is 3.07. The third-order valence-corrected chi connectivity index (χ3v) is 4.61. The smallest absolute Gasteiger partial charge is 0.266 e. The fourth-order valence-electron chi connectivity index (χ4n) is 2.83. The molecule has 0 aliphatic carbocycles. The number of anilines is 1. The Kier molecular flexibility index (Phi) is 4.50. The molecule has 0 atom stereocenters. The van der Waals surface area contributed by atoms with Gasteiger partial charge in [-0.1, -0.05) is 76.6 Å². The van der Waals surface area contributed by atoms with Crippen molar-refractivity contribution in [1.82, 2.24) is 0 Å². The predicted molar refractivity (Wildman–Crippen MR) is 109 cm³/mol. The number of hydrogen-bond acceptors (Lipinski definition) is 2. The van der Waals surface area contributed by atoms with Crippen molar-refractivity contribution in [2.45, 2.75) is 0 Å². The van der Waals surface area contributed by atoms with Crippen LogP contribution in [0.5, 0.6) is 0 Å². The molecule has 0 fully saturated rings. The lowest BCUT2D eigenvalue weighted by atomic mass is 10.1. The lowest BCUT2D eigenvalue weighted by Gasteiger charge is -2.18. The van der Waals surface area contributed by atoms with Crippen LogP contribution in [0.2, 0.25) is 0 Å². The van der Waals surface area contributed by atoms with Crippen molar-refractivity contribution in [2.75, 3.05) is 4.90 Å². The molecule has 4 heteroatoms. The van der Waals surface area contributed by atoms with Crippen molar-refractivity contribution in [3.05, 3.63) is 106 Å². The van der Waals surface area contributed by atoms with Gasteiger partial charge in [-0.3, -0.25) is 9.69 Å².